The molecule has 1 aliphatic rings. The average molecular weight is 360 g/mol. The van der Waals surface area contributed by atoms with Crippen molar-refractivity contribution in [2.24, 2.45) is 0 Å². The number of carbonyl (C=O) groups excluding carboxylic acids is 1. The van der Waals surface area contributed by atoms with Gasteiger partial charge in [-0.3, -0.25) is 4.79 Å². The molecule has 0 aromatic heterocycles. The van der Waals surface area contributed by atoms with E-state index in [1.807, 2.05) is 36.4 Å². The standard InChI is InChI=1S/C18H18BrNO2/c1-22-18(10-14-5-2-3-6-15(14)11-18)12-20-17(21)13-7-4-8-16(19)9-13/h2-9H,10-12H2,1H3,(H,20,21). The summed E-state index contributed by atoms with van der Waals surface area (Å²) in [5, 5.41) is 3.01. The van der Waals surface area contributed by atoms with Gasteiger partial charge in [0, 0.05) is 36.5 Å². The molecular weight excluding hydrogens is 342 g/mol. The second kappa shape index (κ2) is 6.23. The van der Waals surface area contributed by atoms with Gasteiger partial charge in [-0.25, -0.2) is 0 Å². The summed E-state index contributed by atoms with van der Waals surface area (Å²) in [6, 6.07) is 15.7. The minimum absolute atomic E-state index is 0.0753. The summed E-state index contributed by atoms with van der Waals surface area (Å²) in [4.78, 5) is 12.3. The van der Waals surface area contributed by atoms with E-state index in [1.165, 1.54) is 11.1 Å². The summed E-state index contributed by atoms with van der Waals surface area (Å²) in [6.45, 7) is 0.503. The Hall–Kier alpha value is -1.65. The lowest BCUT2D eigenvalue weighted by Gasteiger charge is -2.27. The quantitative estimate of drug-likeness (QED) is 0.908. The zero-order valence-corrected chi connectivity index (χ0v) is 14.0. The molecule has 3 rings (SSSR count). The van der Waals surface area contributed by atoms with Gasteiger partial charge in [-0.1, -0.05) is 46.3 Å². The third-order valence-corrected chi connectivity index (χ3v) is 4.73. The van der Waals surface area contributed by atoms with Gasteiger partial charge in [0.2, 0.25) is 0 Å². The minimum atomic E-state index is -0.342. The summed E-state index contributed by atoms with van der Waals surface area (Å²) in [5.41, 5.74) is 2.92. The Labute approximate surface area is 138 Å². The fourth-order valence-corrected chi connectivity index (χ4v) is 3.37. The lowest BCUT2D eigenvalue weighted by molar-refractivity contribution is 0.000176. The normalized spacial score (nSPS) is 15.4. The van der Waals surface area contributed by atoms with Gasteiger partial charge in [-0.05, 0) is 29.3 Å². The topological polar surface area (TPSA) is 38.3 Å². The van der Waals surface area contributed by atoms with Gasteiger partial charge in [0.05, 0.1) is 5.60 Å². The van der Waals surface area contributed by atoms with E-state index in [1.54, 1.807) is 7.11 Å². The Balaban J connectivity index is 1.69. The lowest BCUT2D eigenvalue weighted by Crippen LogP contribution is -2.45. The number of methoxy groups -OCH3 is 1. The lowest BCUT2D eigenvalue weighted by atomic mass is 10.00. The molecule has 0 heterocycles. The first-order valence-corrected chi connectivity index (χ1v) is 8.07. The Morgan fingerprint density at radius 1 is 1.18 bits per heavy atom. The predicted molar refractivity (Wildman–Crippen MR) is 90.1 cm³/mol. The van der Waals surface area contributed by atoms with Crippen molar-refractivity contribution in [3.63, 3.8) is 0 Å². The van der Waals surface area contributed by atoms with Gasteiger partial charge >= 0.3 is 0 Å². The number of carbonyl (C=O) groups is 1. The second-order valence-corrected chi connectivity index (χ2v) is 6.62. The molecule has 114 valence electrons. The van der Waals surface area contributed by atoms with Crippen molar-refractivity contribution in [3.05, 3.63) is 69.7 Å². The maximum absolute atomic E-state index is 12.3. The minimum Gasteiger partial charge on any atom is -0.376 e. The first kappa shape index (κ1) is 15.3. The van der Waals surface area contributed by atoms with E-state index in [-0.39, 0.29) is 11.5 Å². The highest BCUT2D eigenvalue weighted by atomic mass is 79.9. The van der Waals surface area contributed by atoms with Crippen LogP contribution in [0.2, 0.25) is 0 Å². The van der Waals surface area contributed by atoms with E-state index in [0.717, 1.165) is 17.3 Å². The fourth-order valence-electron chi connectivity index (χ4n) is 2.97. The Bertz CT molecular complexity index is 674. The Morgan fingerprint density at radius 3 is 2.45 bits per heavy atom. The van der Waals surface area contributed by atoms with Crippen LogP contribution < -0.4 is 5.32 Å². The maximum Gasteiger partial charge on any atom is 0.251 e. The number of hydrogen-bond donors (Lipinski definition) is 1. The van der Waals surface area contributed by atoms with Crippen LogP contribution in [0, 0.1) is 0 Å². The molecule has 0 aliphatic heterocycles. The van der Waals surface area contributed by atoms with E-state index in [0.29, 0.717) is 12.1 Å². The molecule has 0 saturated carbocycles. The number of hydrogen-bond acceptors (Lipinski definition) is 2. The van der Waals surface area contributed by atoms with Crippen LogP contribution in [-0.2, 0) is 17.6 Å². The van der Waals surface area contributed by atoms with Crippen molar-refractivity contribution in [2.45, 2.75) is 18.4 Å². The number of rotatable bonds is 4. The number of halogens is 1. The molecule has 1 N–H and O–H groups in total. The van der Waals surface area contributed by atoms with Crippen LogP contribution in [0.25, 0.3) is 0 Å². The molecule has 0 atom stereocenters. The van der Waals surface area contributed by atoms with Crippen LogP contribution in [0.3, 0.4) is 0 Å². The summed E-state index contributed by atoms with van der Waals surface area (Å²) in [5.74, 6) is -0.0753. The van der Waals surface area contributed by atoms with Gasteiger partial charge in [0.25, 0.3) is 5.91 Å². The van der Waals surface area contributed by atoms with Crippen LogP contribution >= 0.6 is 15.9 Å². The first-order valence-electron chi connectivity index (χ1n) is 7.28. The van der Waals surface area contributed by atoms with Crippen LogP contribution in [-0.4, -0.2) is 25.2 Å². The number of fused-ring (bicyclic) bond motifs is 1. The molecule has 0 saturated heterocycles. The monoisotopic (exact) mass is 359 g/mol. The number of benzene rings is 2. The molecule has 0 spiro atoms. The molecule has 22 heavy (non-hydrogen) atoms. The number of amides is 1. The number of nitrogens with one attached hydrogen (secondary N) is 1. The molecule has 0 radical (unpaired) electrons. The van der Waals surface area contributed by atoms with Crippen molar-refractivity contribution in [1.82, 2.24) is 5.32 Å². The molecule has 0 fully saturated rings. The highest BCUT2D eigenvalue weighted by Gasteiger charge is 2.37. The molecule has 2 aromatic rings. The van der Waals surface area contributed by atoms with Gasteiger partial charge in [0.1, 0.15) is 0 Å². The van der Waals surface area contributed by atoms with E-state index >= 15 is 0 Å². The summed E-state index contributed by atoms with van der Waals surface area (Å²) < 4.78 is 6.67. The van der Waals surface area contributed by atoms with E-state index in [4.69, 9.17) is 4.74 Å². The summed E-state index contributed by atoms with van der Waals surface area (Å²) in [6.07, 6.45) is 1.66. The molecule has 1 aliphatic carbocycles. The molecule has 4 heteroatoms. The van der Waals surface area contributed by atoms with Crippen LogP contribution in [0.4, 0.5) is 0 Å². The molecular formula is C18H18BrNO2. The third kappa shape index (κ3) is 3.08. The first-order chi connectivity index (χ1) is 10.6. The van der Waals surface area contributed by atoms with Crippen molar-refractivity contribution < 1.29 is 9.53 Å². The van der Waals surface area contributed by atoms with Gasteiger partial charge < -0.3 is 10.1 Å². The summed E-state index contributed by atoms with van der Waals surface area (Å²) >= 11 is 3.39. The van der Waals surface area contributed by atoms with Crippen LogP contribution in [0.1, 0.15) is 21.5 Å². The smallest absolute Gasteiger partial charge is 0.251 e. The van der Waals surface area contributed by atoms with Crippen molar-refractivity contribution >= 4 is 21.8 Å². The average Bonchev–Trinajstić information content (AvgIpc) is 2.92. The molecule has 1 amide bonds. The van der Waals surface area contributed by atoms with Crippen LogP contribution in [0.15, 0.2) is 53.0 Å². The Morgan fingerprint density at radius 2 is 1.86 bits per heavy atom. The zero-order valence-electron chi connectivity index (χ0n) is 12.4. The highest BCUT2D eigenvalue weighted by Crippen LogP contribution is 2.32. The van der Waals surface area contributed by atoms with E-state index < -0.39 is 0 Å². The van der Waals surface area contributed by atoms with Gasteiger partial charge in [0.15, 0.2) is 0 Å². The molecule has 2 aromatic carbocycles. The molecule has 0 unspecified atom stereocenters. The maximum atomic E-state index is 12.3. The molecule has 3 nitrogen and oxygen atoms in total. The molecule has 0 bridgehead atoms. The largest absolute Gasteiger partial charge is 0.376 e. The fraction of sp³-hybridized carbons (Fsp3) is 0.278. The number of ether oxygens (including phenoxy) is 1. The van der Waals surface area contributed by atoms with Gasteiger partial charge in [-0.2, -0.15) is 0 Å². The third-order valence-electron chi connectivity index (χ3n) is 4.23. The SMILES string of the molecule is COC1(CNC(=O)c2cccc(Br)c2)Cc2ccccc2C1. The Kier molecular flexibility index (Phi) is 4.32. The zero-order chi connectivity index (χ0) is 15.6. The highest BCUT2D eigenvalue weighted by molar-refractivity contribution is 9.10. The van der Waals surface area contributed by atoms with Crippen LogP contribution in [0.5, 0.6) is 0 Å². The second-order valence-electron chi connectivity index (χ2n) is 5.70. The van der Waals surface area contributed by atoms with Gasteiger partial charge in [-0.15, -0.1) is 0 Å². The summed E-state index contributed by atoms with van der Waals surface area (Å²) in [7, 11) is 1.72. The van der Waals surface area contributed by atoms with Crippen molar-refractivity contribution in [1.29, 1.82) is 0 Å². The van der Waals surface area contributed by atoms with E-state index in [9.17, 15) is 4.79 Å². The van der Waals surface area contributed by atoms with Crippen molar-refractivity contribution in [2.75, 3.05) is 13.7 Å². The van der Waals surface area contributed by atoms with Crippen molar-refractivity contribution in [3.8, 4) is 0 Å². The predicted octanol–water partition coefficient (Wildman–Crippen LogP) is 3.36. The van der Waals surface area contributed by atoms with E-state index in [2.05, 4.69) is 33.4 Å².